The van der Waals surface area contributed by atoms with E-state index in [1.807, 2.05) is 5.38 Å². The first-order valence-electron chi connectivity index (χ1n) is 8.84. The van der Waals surface area contributed by atoms with Crippen molar-refractivity contribution in [3.8, 4) is 21.8 Å². The lowest BCUT2D eigenvalue weighted by Crippen LogP contribution is -2.40. The van der Waals surface area contributed by atoms with Crippen LogP contribution in [-0.2, 0) is 14.8 Å². The van der Waals surface area contributed by atoms with Gasteiger partial charge in [0, 0.05) is 41.7 Å². The molecule has 0 aliphatic carbocycles. The van der Waals surface area contributed by atoms with Crippen LogP contribution in [0, 0.1) is 10.1 Å². The van der Waals surface area contributed by atoms with E-state index in [9.17, 15) is 18.5 Å². The number of ether oxygens (including phenoxy) is 1. The summed E-state index contributed by atoms with van der Waals surface area (Å²) in [5.41, 5.74) is 2.34. The maximum atomic E-state index is 12.7. The van der Waals surface area contributed by atoms with Crippen molar-refractivity contribution in [2.45, 2.75) is 4.90 Å². The van der Waals surface area contributed by atoms with Gasteiger partial charge in [0.05, 0.1) is 28.7 Å². The van der Waals surface area contributed by atoms with E-state index in [0.717, 1.165) is 21.8 Å². The number of hydrogen-bond acceptors (Lipinski definition) is 7. The van der Waals surface area contributed by atoms with Gasteiger partial charge in [-0.3, -0.25) is 10.1 Å². The molecule has 1 aliphatic rings. The fourth-order valence-corrected chi connectivity index (χ4v) is 5.24. The molecule has 0 amide bonds. The summed E-state index contributed by atoms with van der Waals surface area (Å²) in [6, 6.07) is 12.9. The van der Waals surface area contributed by atoms with E-state index in [1.54, 1.807) is 36.4 Å². The maximum Gasteiger partial charge on any atom is 0.269 e. The van der Waals surface area contributed by atoms with Gasteiger partial charge in [0.15, 0.2) is 0 Å². The Bertz CT molecular complexity index is 1120. The second kappa shape index (κ2) is 7.99. The van der Waals surface area contributed by atoms with Gasteiger partial charge in [-0.15, -0.1) is 11.3 Å². The van der Waals surface area contributed by atoms with Crippen LogP contribution >= 0.6 is 11.3 Å². The molecule has 1 aromatic heterocycles. The molecule has 0 radical (unpaired) electrons. The average Bonchev–Trinajstić information content (AvgIpc) is 3.25. The van der Waals surface area contributed by atoms with Crippen molar-refractivity contribution in [2.24, 2.45) is 0 Å². The number of aromatic nitrogens is 1. The summed E-state index contributed by atoms with van der Waals surface area (Å²) in [5.74, 6) is 0. The Morgan fingerprint density at radius 1 is 1.00 bits per heavy atom. The third-order valence-electron chi connectivity index (χ3n) is 4.59. The zero-order valence-electron chi connectivity index (χ0n) is 15.2. The number of nitro benzene ring substituents is 1. The molecule has 8 nitrogen and oxygen atoms in total. The number of rotatable bonds is 5. The van der Waals surface area contributed by atoms with Gasteiger partial charge in [-0.1, -0.05) is 12.1 Å². The van der Waals surface area contributed by atoms with E-state index >= 15 is 0 Å². The van der Waals surface area contributed by atoms with Gasteiger partial charge >= 0.3 is 0 Å². The predicted octanol–water partition coefficient (Wildman–Crippen LogP) is 3.41. The second-order valence-corrected chi connectivity index (χ2v) is 9.18. The van der Waals surface area contributed by atoms with Crippen LogP contribution in [0.1, 0.15) is 0 Å². The van der Waals surface area contributed by atoms with Crippen molar-refractivity contribution in [3.05, 3.63) is 64.0 Å². The fraction of sp³-hybridized carbons (Fsp3) is 0.211. The van der Waals surface area contributed by atoms with Crippen LogP contribution in [0.15, 0.2) is 58.8 Å². The van der Waals surface area contributed by atoms with Crippen LogP contribution < -0.4 is 0 Å². The number of benzene rings is 2. The van der Waals surface area contributed by atoms with Gasteiger partial charge in [-0.2, -0.15) is 4.31 Å². The molecule has 0 unspecified atom stereocenters. The Morgan fingerprint density at radius 2 is 1.62 bits per heavy atom. The molecule has 150 valence electrons. The van der Waals surface area contributed by atoms with Crippen molar-refractivity contribution in [1.29, 1.82) is 0 Å². The van der Waals surface area contributed by atoms with Crippen LogP contribution in [0.5, 0.6) is 0 Å². The monoisotopic (exact) mass is 431 g/mol. The van der Waals surface area contributed by atoms with Crippen LogP contribution in [0.3, 0.4) is 0 Å². The van der Waals surface area contributed by atoms with E-state index in [1.165, 1.54) is 27.8 Å². The molecule has 4 rings (SSSR count). The molecule has 1 aliphatic heterocycles. The normalized spacial score (nSPS) is 15.3. The zero-order chi connectivity index (χ0) is 20.4. The molecule has 29 heavy (non-hydrogen) atoms. The highest BCUT2D eigenvalue weighted by Gasteiger charge is 2.26. The summed E-state index contributed by atoms with van der Waals surface area (Å²) in [4.78, 5) is 15.2. The summed E-state index contributed by atoms with van der Waals surface area (Å²) >= 11 is 1.42. The quantitative estimate of drug-likeness (QED) is 0.453. The van der Waals surface area contributed by atoms with Crippen molar-refractivity contribution in [3.63, 3.8) is 0 Å². The minimum atomic E-state index is -3.53. The van der Waals surface area contributed by atoms with Crippen LogP contribution in [0.2, 0.25) is 0 Å². The van der Waals surface area contributed by atoms with Crippen LogP contribution in [0.25, 0.3) is 21.8 Å². The highest BCUT2D eigenvalue weighted by molar-refractivity contribution is 7.89. The lowest BCUT2D eigenvalue weighted by molar-refractivity contribution is -0.384. The SMILES string of the molecule is O=[N+]([O-])c1ccc(-c2nc(-c3ccc(S(=O)(=O)N4CCOCC4)cc3)cs2)cc1. The molecule has 0 bridgehead atoms. The Kier molecular flexibility index (Phi) is 5.41. The van der Waals surface area contributed by atoms with Crippen molar-refractivity contribution < 1.29 is 18.1 Å². The van der Waals surface area contributed by atoms with Crippen LogP contribution in [-0.4, -0.2) is 48.9 Å². The Morgan fingerprint density at radius 3 is 2.24 bits per heavy atom. The number of non-ortho nitro benzene ring substituents is 1. The molecule has 2 aromatic carbocycles. The smallest absolute Gasteiger partial charge is 0.269 e. The van der Waals surface area contributed by atoms with Crippen LogP contribution in [0.4, 0.5) is 5.69 Å². The van der Waals surface area contributed by atoms with Gasteiger partial charge in [0.2, 0.25) is 10.0 Å². The molecule has 0 atom stereocenters. The summed E-state index contributed by atoms with van der Waals surface area (Å²) in [6.07, 6.45) is 0. The first-order valence-corrected chi connectivity index (χ1v) is 11.2. The van der Waals surface area contributed by atoms with Gasteiger partial charge < -0.3 is 4.74 Å². The van der Waals surface area contributed by atoms with Gasteiger partial charge in [-0.25, -0.2) is 13.4 Å². The van der Waals surface area contributed by atoms with Gasteiger partial charge in [0.25, 0.3) is 5.69 Å². The molecule has 3 aromatic rings. The number of hydrogen-bond donors (Lipinski definition) is 0. The third-order valence-corrected chi connectivity index (χ3v) is 7.39. The largest absolute Gasteiger partial charge is 0.379 e. The topological polar surface area (TPSA) is 103 Å². The first-order chi connectivity index (χ1) is 13.9. The third kappa shape index (κ3) is 4.06. The van der Waals surface area contributed by atoms with Gasteiger partial charge in [-0.05, 0) is 24.3 Å². The molecule has 1 fully saturated rings. The Hall–Kier alpha value is -2.66. The summed E-state index contributed by atoms with van der Waals surface area (Å²) in [6.45, 7) is 1.52. The molecule has 2 heterocycles. The number of nitro groups is 1. The van der Waals surface area contributed by atoms with E-state index in [2.05, 4.69) is 4.98 Å². The van der Waals surface area contributed by atoms with Crippen molar-refractivity contribution in [1.82, 2.24) is 9.29 Å². The lowest BCUT2D eigenvalue weighted by Gasteiger charge is -2.26. The molecule has 0 saturated carbocycles. The van der Waals surface area contributed by atoms with Crippen molar-refractivity contribution >= 4 is 27.0 Å². The first kappa shape index (κ1) is 19.6. The minimum absolute atomic E-state index is 0.0302. The summed E-state index contributed by atoms with van der Waals surface area (Å²) < 4.78 is 32.1. The maximum absolute atomic E-state index is 12.7. The van der Waals surface area contributed by atoms with E-state index < -0.39 is 14.9 Å². The molecule has 0 spiro atoms. The number of sulfonamides is 1. The predicted molar refractivity (Wildman–Crippen MR) is 109 cm³/mol. The highest BCUT2D eigenvalue weighted by Crippen LogP contribution is 2.30. The molecule has 0 N–H and O–H groups in total. The van der Waals surface area contributed by atoms with E-state index in [0.29, 0.717) is 26.3 Å². The standard InChI is InChI=1S/C19H17N3O5S2/c23-22(24)16-5-1-15(2-6-16)19-20-18(13-28-19)14-3-7-17(8-4-14)29(25,26)21-9-11-27-12-10-21/h1-8,13H,9-12H2. The summed E-state index contributed by atoms with van der Waals surface area (Å²) in [5, 5.41) is 13.4. The zero-order valence-corrected chi connectivity index (χ0v) is 16.9. The Balaban J connectivity index is 1.55. The van der Waals surface area contributed by atoms with E-state index in [-0.39, 0.29) is 10.6 Å². The van der Waals surface area contributed by atoms with E-state index in [4.69, 9.17) is 4.74 Å². The molecule has 10 heteroatoms. The Labute approximate surface area is 171 Å². The second-order valence-electron chi connectivity index (χ2n) is 6.38. The summed E-state index contributed by atoms with van der Waals surface area (Å²) in [7, 11) is -3.53. The lowest BCUT2D eigenvalue weighted by atomic mass is 10.2. The molecular formula is C19H17N3O5S2. The minimum Gasteiger partial charge on any atom is -0.379 e. The highest BCUT2D eigenvalue weighted by atomic mass is 32.2. The molecule has 1 saturated heterocycles. The van der Waals surface area contributed by atoms with Crippen molar-refractivity contribution in [2.75, 3.05) is 26.3 Å². The fourth-order valence-electron chi connectivity index (χ4n) is 3.00. The molecular weight excluding hydrogens is 414 g/mol. The van der Waals surface area contributed by atoms with Gasteiger partial charge in [0.1, 0.15) is 5.01 Å². The average molecular weight is 431 g/mol. The number of thiazole rings is 1. The number of nitrogens with zero attached hydrogens (tertiary/aromatic N) is 3. The number of morpholine rings is 1.